The number of thioether (sulfide) groups is 1. The van der Waals surface area contributed by atoms with E-state index in [0.29, 0.717) is 11.3 Å². The molecular formula is C25H19Cl2NO5S. The molecule has 1 aliphatic heterocycles. The zero-order valence-corrected chi connectivity index (χ0v) is 20.5. The van der Waals surface area contributed by atoms with Crippen molar-refractivity contribution in [2.75, 3.05) is 7.11 Å². The molecule has 1 heterocycles. The minimum Gasteiger partial charge on any atom is -0.486 e. The monoisotopic (exact) mass is 515 g/mol. The molecule has 0 unspecified atom stereocenters. The molecule has 2 amide bonds. The first-order chi connectivity index (χ1) is 16.3. The van der Waals surface area contributed by atoms with Crippen LogP contribution in [0.25, 0.3) is 16.8 Å². The first kappa shape index (κ1) is 24.1. The van der Waals surface area contributed by atoms with E-state index in [1.165, 1.54) is 20.1 Å². The highest BCUT2D eigenvalue weighted by molar-refractivity contribution is 8.18. The van der Waals surface area contributed by atoms with E-state index in [4.69, 9.17) is 27.9 Å². The Morgan fingerprint density at radius 2 is 1.76 bits per heavy atom. The van der Waals surface area contributed by atoms with Crippen LogP contribution in [0.2, 0.25) is 10.0 Å². The first-order valence-electron chi connectivity index (χ1n) is 10.2. The van der Waals surface area contributed by atoms with Crippen molar-refractivity contribution in [3.8, 4) is 5.75 Å². The Kier molecular flexibility index (Phi) is 7.16. The number of ether oxygens (including phenoxy) is 2. The number of carbonyl (C=O) groups excluding carboxylic acids is 3. The molecular weight excluding hydrogens is 497 g/mol. The van der Waals surface area contributed by atoms with Crippen molar-refractivity contribution in [3.05, 3.63) is 80.7 Å². The molecule has 9 heteroatoms. The van der Waals surface area contributed by atoms with Crippen molar-refractivity contribution in [2.24, 2.45) is 0 Å². The van der Waals surface area contributed by atoms with E-state index in [1.807, 2.05) is 42.5 Å². The molecule has 3 aromatic carbocycles. The minimum absolute atomic E-state index is 0.150. The Hall–Kier alpha value is -3.00. The van der Waals surface area contributed by atoms with Crippen molar-refractivity contribution in [2.45, 2.75) is 19.6 Å². The normalized spacial score (nSPS) is 15.8. The molecule has 34 heavy (non-hydrogen) atoms. The van der Waals surface area contributed by atoms with Crippen LogP contribution in [0.4, 0.5) is 4.79 Å². The summed E-state index contributed by atoms with van der Waals surface area (Å²) in [4.78, 5) is 37.8. The number of carbonyl (C=O) groups is 3. The highest BCUT2D eigenvalue weighted by Crippen LogP contribution is 2.38. The summed E-state index contributed by atoms with van der Waals surface area (Å²) >= 11 is 13.6. The van der Waals surface area contributed by atoms with Gasteiger partial charge in [-0.25, -0.2) is 4.79 Å². The summed E-state index contributed by atoms with van der Waals surface area (Å²) in [7, 11) is 1.20. The van der Waals surface area contributed by atoms with Crippen molar-refractivity contribution in [1.82, 2.24) is 4.90 Å². The summed E-state index contributed by atoms with van der Waals surface area (Å²) in [5.41, 5.74) is 1.51. The lowest BCUT2D eigenvalue weighted by Gasteiger charge is -2.18. The standard InChI is InChI=1S/C25H19Cl2NO5S/c1-14(24(30)32-2)28-23(29)21(34-25(28)31)12-15-10-19(26)22(20(27)11-15)33-13-17-8-5-7-16-6-3-4-9-18(16)17/h3-12,14H,13H2,1-2H3/b21-12+/t14-/m1/s1. The van der Waals surface area contributed by atoms with Gasteiger partial charge >= 0.3 is 5.97 Å². The second kappa shape index (κ2) is 10.1. The Balaban J connectivity index is 1.55. The van der Waals surface area contributed by atoms with Crippen molar-refractivity contribution in [3.63, 3.8) is 0 Å². The molecule has 0 bridgehead atoms. The number of halogens is 2. The number of amides is 2. The van der Waals surface area contributed by atoms with Gasteiger partial charge in [-0.15, -0.1) is 0 Å². The van der Waals surface area contributed by atoms with E-state index in [-0.39, 0.29) is 21.6 Å². The van der Waals surface area contributed by atoms with Crippen LogP contribution >= 0.6 is 35.0 Å². The molecule has 0 N–H and O–H groups in total. The maximum Gasteiger partial charge on any atom is 0.328 e. The van der Waals surface area contributed by atoms with Gasteiger partial charge in [-0.05, 0) is 58.8 Å². The number of imide groups is 1. The van der Waals surface area contributed by atoms with Crippen molar-refractivity contribution in [1.29, 1.82) is 0 Å². The Morgan fingerprint density at radius 1 is 1.09 bits per heavy atom. The largest absolute Gasteiger partial charge is 0.486 e. The maximum absolute atomic E-state index is 12.7. The highest BCUT2D eigenvalue weighted by Gasteiger charge is 2.41. The quantitative estimate of drug-likeness (QED) is 0.282. The van der Waals surface area contributed by atoms with Gasteiger partial charge in [0.05, 0.1) is 22.1 Å². The number of fused-ring (bicyclic) bond motifs is 1. The molecule has 1 aliphatic rings. The van der Waals surface area contributed by atoms with Crippen molar-refractivity contribution >= 4 is 68.9 Å². The zero-order valence-electron chi connectivity index (χ0n) is 18.2. The molecule has 0 radical (unpaired) electrons. The molecule has 1 saturated heterocycles. The Labute approximate surface area is 210 Å². The van der Waals surface area contributed by atoms with E-state index in [0.717, 1.165) is 33.0 Å². The number of methoxy groups -OCH3 is 1. The summed E-state index contributed by atoms with van der Waals surface area (Å²) in [6.07, 6.45) is 1.50. The van der Waals surface area contributed by atoms with Gasteiger partial charge < -0.3 is 9.47 Å². The fourth-order valence-corrected chi connectivity index (χ4v) is 5.13. The summed E-state index contributed by atoms with van der Waals surface area (Å²) in [5.74, 6) is -0.945. The van der Waals surface area contributed by atoms with Crippen LogP contribution < -0.4 is 4.74 Å². The predicted molar refractivity (Wildman–Crippen MR) is 134 cm³/mol. The van der Waals surface area contributed by atoms with Crippen LogP contribution in [-0.2, 0) is 20.9 Å². The Bertz CT molecular complexity index is 1310. The maximum atomic E-state index is 12.7. The second-order valence-corrected chi connectivity index (χ2v) is 9.30. The number of hydrogen-bond acceptors (Lipinski definition) is 6. The molecule has 6 nitrogen and oxygen atoms in total. The van der Waals surface area contributed by atoms with E-state index in [2.05, 4.69) is 4.74 Å². The predicted octanol–water partition coefficient (Wildman–Crippen LogP) is 6.32. The third-order valence-electron chi connectivity index (χ3n) is 5.32. The second-order valence-electron chi connectivity index (χ2n) is 7.49. The van der Waals surface area contributed by atoms with Crippen LogP contribution in [0.3, 0.4) is 0 Å². The van der Waals surface area contributed by atoms with Crippen LogP contribution in [0.5, 0.6) is 5.75 Å². The fraction of sp³-hybridized carbons (Fsp3) is 0.160. The highest BCUT2D eigenvalue weighted by atomic mass is 35.5. The lowest BCUT2D eigenvalue weighted by Crippen LogP contribution is -2.42. The summed E-state index contributed by atoms with van der Waals surface area (Å²) < 4.78 is 10.6. The Morgan fingerprint density at radius 3 is 2.47 bits per heavy atom. The SMILES string of the molecule is COC(=O)[C@@H](C)N1C(=O)S/C(=C/c2cc(Cl)c(OCc3cccc4ccccc34)c(Cl)c2)C1=O. The molecule has 0 spiro atoms. The number of rotatable bonds is 6. The number of benzene rings is 3. The molecule has 0 aliphatic carbocycles. The zero-order chi connectivity index (χ0) is 24.4. The molecule has 4 rings (SSSR count). The summed E-state index contributed by atoms with van der Waals surface area (Å²) in [6, 6.07) is 16.1. The average Bonchev–Trinajstić information content (AvgIpc) is 3.10. The molecule has 1 atom stereocenters. The van der Waals surface area contributed by atoms with E-state index < -0.39 is 23.2 Å². The van der Waals surface area contributed by atoms with Gasteiger partial charge in [-0.3, -0.25) is 14.5 Å². The number of esters is 1. The van der Waals surface area contributed by atoms with E-state index >= 15 is 0 Å². The average molecular weight is 516 g/mol. The first-order valence-corrected chi connectivity index (χ1v) is 11.8. The summed E-state index contributed by atoms with van der Waals surface area (Å²) in [6.45, 7) is 1.70. The summed E-state index contributed by atoms with van der Waals surface area (Å²) in [5, 5.41) is 2.15. The molecule has 1 fully saturated rings. The van der Waals surface area contributed by atoms with E-state index in [9.17, 15) is 14.4 Å². The molecule has 3 aromatic rings. The van der Waals surface area contributed by atoms with Crippen LogP contribution in [0, 0.1) is 0 Å². The number of nitrogens with zero attached hydrogens (tertiary/aromatic N) is 1. The van der Waals surface area contributed by atoms with Crippen molar-refractivity contribution < 1.29 is 23.9 Å². The van der Waals surface area contributed by atoms with Gasteiger partial charge in [0.25, 0.3) is 11.1 Å². The van der Waals surface area contributed by atoms with Crippen LogP contribution in [-0.4, -0.2) is 35.2 Å². The molecule has 0 saturated carbocycles. The number of hydrogen-bond donors (Lipinski definition) is 0. The van der Waals surface area contributed by atoms with Gasteiger partial charge in [0, 0.05) is 0 Å². The van der Waals surface area contributed by atoms with Gasteiger partial charge in [-0.2, -0.15) is 0 Å². The minimum atomic E-state index is -1.03. The van der Waals surface area contributed by atoms with E-state index in [1.54, 1.807) is 12.1 Å². The van der Waals surface area contributed by atoms with Gasteiger partial charge in [0.15, 0.2) is 5.75 Å². The molecule has 0 aromatic heterocycles. The molecule has 174 valence electrons. The van der Waals surface area contributed by atoms with Gasteiger partial charge in [-0.1, -0.05) is 65.7 Å². The van der Waals surface area contributed by atoms with Gasteiger partial charge in [0.2, 0.25) is 0 Å². The van der Waals surface area contributed by atoms with Crippen LogP contribution in [0.15, 0.2) is 59.5 Å². The lowest BCUT2D eigenvalue weighted by molar-refractivity contribution is -0.148. The van der Waals surface area contributed by atoms with Crippen LogP contribution in [0.1, 0.15) is 18.1 Å². The topological polar surface area (TPSA) is 72.9 Å². The third kappa shape index (κ3) is 4.78. The fourth-order valence-electron chi connectivity index (χ4n) is 3.61. The van der Waals surface area contributed by atoms with Gasteiger partial charge in [0.1, 0.15) is 12.6 Å². The lowest BCUT2D eigenvalue weighted by atomic mass is 10.1. The third-order valence-corrected chi connectivity index (χ3v) is 6.77. The smallest absolute Gasteiger partial charge is 0.328 e.